The highest BCUT2D eigenvalue weighted by Gasteiger charge is 2.15. The molecule has 0 fully saturated rings. The fraction of sp³-hybridized carbons (Fsp3) is 0.176. The van der Waals surface area contributed by atoms with E-state index in [2.05, 4.69) is 10.3 Å². The molecule has 1 heterocycles. The number of hydrogen-bond donors (Lipinski definition) is 2. The third-order valence-electron chi connectivity index (χ3n) is 3.39. The van der Waals surface area contributed by atoms with Gasteiger partial charge in [0.2, 0.25) is 5.91 Å². The van der Waals surface area contributed by atoms with E-state index in [-0.39, 0.29) is 17.7 Å². The molecule has 0 atom stereocenters. The molecule has 0 aliphatic rings. The maximum absolute atomic E-state index is 12.1. The van der Waals surface area contributed by atoms with Crippen molar-refractivity contribution in [3.63, 3.8) is 0 Å². The number of carbonyl (C=O) groups is 2. The first-order valence-corrected chi connectivity index (χ1v) is 7.65. The SMILES string of the molecule is CN(C)c1cc(N)c(NC(=O)CC(=O)c2ccnc(C#N)c2)cc1Cl. The van der Waals surface area contributed by atoms with Crippen LogP contribution in [-0.2, 0) is 4.79 Å². The summed E-state index contributed by atoms with van der Waals surface area (Å²) in [6, 6.07) is 7.81. The van der Waals surface area contributed by atoms with Gasteiger partial charge < -0.3 is 16.0 Å². The molecule has 0 spiro atoms. The summed E-state index contributed by atoms with van der Waals surface area (Å²) < 4.78 is 0. The molecule has 0 aliphatic carbocycles. The maximum Gasteiger partial charge on any atom is 0.232 e. The van der Waals surface area contributed by atoms with E-state index >= 15 is 0 Å². The molecule has 2 aromatic rings. The molecular formula is C17H16ClN5O2. The van der Waals surface area contributed by atoms with Crippen LogP contribution >= 0.6 is 11.6 Å². The number of halogens is 1. The minimum absolute atomic E-state index is 0.113. The zero-order valence-corrected chi connectivity index (χ0v) is 14.5. The van der Waals surface area contributed by atoms with E-state index in [0.717, 1.165) is 0 Å². The highest BCUT2D eigenvalue weighted by Crippen LogP contribution is 2.32. The molecular weight excluding hydrogens is 342 g/mol. The number of hydrogen-bond acceptors (Lipinski definition) is 6. The number of ketones is 1. The average molecular weight is 358 g/mol. The van der Waals surface area contributed by atoms with Gasteiger partial charge in [-0.3, -0.25) is 9.59 Å². The summed E-state index contributed by atoms with van der Waals surface area (Å²) in [4.78, 5) is 29.8. The lowest BCUT2D eigenvalue weighted by molar-refractivity contribution is -0.115. The van der Waals surface area contributed by atoms with Crippen LogP contribution in [0.15, 0.2) is 30.5 Å². The van der Waals surface area contributed by atoms with Crippen LogP contribution in [0.1, 0.15) is 22.5 Å². The average Bonchev–Trinajstić information content (AvgIpc) is 2.57. The molecule has 3 N–H and O–H groups in total. The minimum Gasteiger partial charge on any atom is -0.397 e. The Morgan fingerprint density at radius 1 is 1.36 bits per heavy atom. The lowest BCUT2D eigenvalue weighted by Crippen LogP contribution is -2.18. The number of nitrogens with one attached hydrogen (secondary N) is 1. The van der Waals surface area contributed by atoms with Gasteiger partial charge in [-0.05, 0) is 24.3 Å². The number of pyridine rings is 1. The summed E-state index contributed by atoms with van der Waals surface area (Å²) >= 11 is 6.16. The van der Waals surface area contributed by atoms with Crippen molar-refractivity contribution in [2.75, 3.05) is 30.0 Å². The topological polar surface area (TPSA) is 112 Å². The molecule has 7 nitrogen and oxygen atoms in total. The lowest BCUT2D eigenvalue weighted by atomic mass is 10.1. The summed E-state index contributed by atoms with van der Waals surface area (Å²) in [5.74, 6) is -0.952. The molecule has 0 saturated heterocycles. The van der Waals surface area contributed by atoms with E-state index in [1.165, 1.54) is 24.4 Å². The van der Waals surface area contributed by atoms with Crippen LogP contribution in [0.4, 0.5) is 17.1 Å². The van der Waals surface area contributed by atoms with Gasteiger partial charge in [0.25, 0.3) is 0 Å². The molecule has 0 saturated carbocycles. The van der Waals surface area contributed by atoms with Gasteiger partial charge in [0.15, 0.2) is 5.78 Å². The Kier molecular flexibility index (Phi) is 5.57. The standard InChI is InChI=1S/C17H16ClN5O2/c1-23(2)15-7-13(20)14(6-12(15)18)22-17(25)8-16(24)10-3-4-21-11(5-10)9-19/h3-7H,8,20H2,1-2H3,(H,22,25). The first-order chi connectivity index (χ1) is 11.8. The van der Waals surface area contributed by atoms with E-state index < -0.39 is 11.7 Å². The van der Waals surface area contributed by atoms with Crippen molar-refractivity contribution in [2.45, 2.75) is 6.42 Å². The van der Waals surface area contributed by atoms with E-state index in [9.17, 15) is 9.59 Å². The second kappa shape index (κ2) is 7.64. The fourth-order valence-corrected chi connectivity index (χ4v) is 2.47. The van der Waals surface area contributed by atoms with Crippen LogP contribution in [0.5, 0.6) is 0 Å². The molecule has 0 bridgehead atoms. The largest absolute Gasteiger partial charge is 0.397 e. The molecule has 0 radical (unpaired) electrons. The molecule has 1 aromatic carbocycles. The van der Waals surface area contributed by atoms with Crippen LogP contribution < -0.4 is 16.0 Å². The number of amides is 1. The minimum atomic E-state index is -0.527. The monoisotopic (exact) mass is 357 g/mol. The first-order valence-electron chi connectivity index (χ1n) is 7.27. The number of nitrogens with zero attached hydrogens (tertiary/aromatic N) is 3. The van der Waals surface area contributed by atoms with Crippen LogP contribution in [0, 0.1) is 11.3 Å². The smallest absolute Gasteiger partial charge is 0.232 e. The predicted molar refractivity (Wildman–Crippen MR) is 96.7 cm³/mol. The second-order valence-corrected chi connectivity index (χ2v) is 5.88. The van der Waals surface area contributed by atoms with Crippen molar-refractivity contribution in [1.29, 1.82) is 5.26 Å². The summed E-state index contributed by atoms with van der Waals surface area (Å²) in [7, 11) is 3.64. The molecule has 128 valence electrons. The summed E-state index contributed by atoms with van der Waals surface area (Å²) in [6.45, 7) is 0. The van der Waals surface area contributed by atoms with E-state index in [1.807, 2.05) is 20.2 Å². The molecule has 25 heavy (non-hydrogen) atoms. The molecule has 1 aromatic heterocycles. The van der Waals surface area contributed by atoms with Gasteiger partial charge in [-0.1, -0.05) is 11.6 Å². The van der Waals surface area contributed by atoms with Gasteiger partial charge in [0.05, 0.1) is 28.5 Å². The second-order valence-electron chi connectivity index (χ2n) is 5.47. The number of carbonyl (C=O) groups excluding carboxylic acids is 2. The van der Waals surface area contributed by atoms with Gasteiger partial charge in [-0.15, -0.1) is 0 Å². The lowest BCUT2D eigenvalue weighted by Gasteiger charge is -2.17. The number of rotatable bonds is 5. The fourth-order valence-electron chi connectivity index (χ4n) is 2.14. The van der Waals surface area contributed by atoms with Crippen LogP contribution in [-0.4, -0.2) is 30.8 Å². The van der Waals surface area contributed by atoms with Gasteiger partial charge in [0.1, 0.15) is 11.8 Å². The quantitative estimate of drug-likeness (QED) is 0.483. The number of nitriles is 1. The molecule has 1 amide bonds. The van der Waals surface area contributed by atoms with E-state index in [1.54, 1.807) is 11.0 Å². The number of anilines is 3. The van der Waals surface area contributed by atoms with Crippen molar-refractivity contribution in [3.8, 4) is 6.07 Å². The van der Waals surface area contributed by atoms with Crippen molar-refractivity contribution in [1.82, 2.24) is 4.98 Å². The highest BCUT2D eigenvalue weighted by atomic mass is 35.5. The van der Waals surface area contributed by atoms with Crippen molar-refractivity contribution in [3.05, 3.63) is 46.7 Å². The van der Waals surface area contributed by atoms with E-state index in [0.29, 0.717) is 22.1 Å². The third-order valence-corrected chi connectivity index (χ3v) is 3.70. The predicted octanol–water partition coefficient (Wildman–Crippen LogP) is 2.47. The normalized spacial score (nSPS) is 10.0. The highest BCUT2D eigenvalue weighted by molar-refractivity contribution is 6.34. The number of Topliss-reactive ketones (excluding diaryl/α,β-unsaturated/α-hetero) is 1. The van der Waals surface area contributed by atoms with Gasteiger partial charge in [-0.25, -0.2) is 4.98 Å². The Bertz CT molecular complexity index is 874. The number of aromatic nitrogens is 1. The zero-order chi connectivity index (χ0) is 18.6. The van der Waals surface area contributed by atoms with Crippen LogP contribution in [0.25, 0.3) is 0 Å². The van der Waals surface area contributed by atoms with E-state index in [4.69, 9.17) is 22.6 Å². The Balaban J connectivity index is 2.11. The Morgan fingerprint density at radius 2 is 2.08 bits per heavy atom. The van der Waals surface area contributed by atoms with Crippen molar-refractivity contribution < 1.29 is 9.59 Å². The van der Waals surface area contributed by atoms with Gasteiger partial charge in [-0.2, -0.15) is 5.26 Å². The molecule has 8 heteroatoms. The zero-order valence-electron chi connectivity index (χ0n) is 13.7. The Hall–Kier alpha value is -3.11. The number of benzene rings is 1. The third kappa shape index (κ3) is 4.46. The summed E-state index contributed by atoms with van der Waals surface area (Å²) in [5.41, 5.74) is 7.67. The van der Waals surface area contributed by atoms with Gasteiger partial charge >= 0.3 is 0 Å². The van der Waals surface area contributed by atoms with Crippen molar-refractivity contribution in [2.24, 2.45) is 0 Å². The van der Waals surface area contributed by atoms with Gasteiger partial charge in [0, 0.05) is 25.9 Å². The first kappa shape index (κ1) is 18.2. The Morgan fingerprint density at radius 3 is 2.72 bits per heavy atom. The Labute approximate surface area is 150 Å². The molecule has 0 aliphatic heterocycles. The molecule has 2 rings (SSSR count). The van der Waals surface area contributed by atoms with Crippen LogP contribution in [0.3, 0.4) is 0 Å². The summed E-state index contributed by atoms with van der Waals surface area (Å²) in [5, 5.41) is 11.8. The van der Waals surface area contributed by atoms with Crippen LogP contribution in [0.2, 0.25) is 5.02 Å². The molecule has 0 unspecified atom stereocenters. The maximum atomic E-state index is 12.1. The number of nitrogen functional groups attached to an aromatic ring is 1. The summed E-state index contributed by atoms with van der Waals surface area (Å²) in [6.07, 6.45) is 0.961. The number of nitrogens with two attached hydrogens (primary N) is 1. The van der Waals surface area contributed by atoms with Crippen molar-refractivity contribution >= 4 is 40.4 Å².